The van der Waals surface area contributed by atoms with Gasteiger partial charge in [0, 0.05) is 35.1 Å². The van der Waals surface area contributed by atoms with Gasteiger partial charge in [-0.1, -0.05) is 15.9 Å². The van der Waals surface area contributed by atoms with E-state index in [0.717, 1.165) is 15.2 Å². The number of aromatic hydroxyl groups is 1. The third-order valence-electron chi connectivity index (χ3n) is 2.36. The summed E-state index contributed by atoms with van der Waals surface area (Å²) in [6, 6.07) is 5.80. The monoisotopic (exact) mass is 269 g/mol. The van der Waals surface area contributed by atoms with Crippen LogP contribution >= 0.6 is 15.9 Å². The summed E-state index contributed by atoms with van der Waals surface area (Å²) in [5, 5.41) is 11.8. The minimum absolute atomic E-state index is 0.301. The van der Waals surface area contributed by atoms with E-state index in [2.05, 4.69) is 15.9 Å². The molecule has 4 heteroatoms. The van der Waals surface area contributed by atoms with Crippen molar-refractivity contribution in [2.45, 2.75) is 6.54 Å². The predicted molar refractivity (Wildman–Crippen MR) is 63.2 cm³/mol. The third kappa shape index (κ3) is 2.01. The molecule has 0 aliphatic carbocycles. The molecule has 0 fully saturated rings. The average molecular weight is 270 g/mol. The van der Waals surface area contributed by atoms with E-state index in [4.69, 9.17) is 4.74 Å². The van der Waals surface area contributed by atoms with E-state index in [9.17, 15) is 5.11 Å². The number of rotatable bonds is 3. The lowest BCUT2D eigenvalue weighted by molar-refractivity contribution is 0.184. The van der Waals surface area contributed by atoms with Crippen LogP contribution in [-0.4, -0.2) is 23.4 Å². The van der Waals surface area contributed by atoms with Gasteiger partial charge in [0.2, 0.25) is 0 Å². The number of methoxy groups -OCH3 is 1. The van der Waals surface area contributed by atoms with Crippen LogP contribution in [0.1, 0.15) is 0 Å². The van der Waals surface area contributed by atoms with E-state index in [1.165, 1.54) is 0 Å². The highest BCUT2D eigenvalue weighted by atomic mass is 79.9. The fourth-order valence-electron chi connectivity index (χ4n) is 1.59. The van der Waals surface area contributed by atoms with E-state index in [1.54, 1.807) is 11.7 Å². The molecule has 0 spiro atoms. The number of fused-ring (bicyclic) bond motifs is 1. The van der Waals surface area contributed by atoms with Crippen molar-refractivity contribution in [2.75, 3.05) is 13.7 Å². The highest BCUT2D eigenvalue weighted by Gasteiger charge is 2.07. The summed E-state index contributed by atoms with van der Waals surface area (Å²) in [4.78, 5) is 0. The topological polar surface area (TPSA) is 34.4 Å². The molecule has 2 rings (SSSR count). The summed E-state index contributed by atoms with van der Waals surface area (Å²) in [7, 11) is 1.65. The van der Waals surface area contributed by atoms with Crippen molar-refractivity contribution in [3.05, 3.63) is 28.9 Å². The number of benzene rings is 1. The lowest BCUT2D eigenvalue weighted by Crippen LogP contribution is -2.01. The minimum atomic E-state index is 0.301. The fourth-order valence-corrected chi connectivity index (χ4v) is 1.97. The standard InChI is InChI=1S/C11H12BrNO2/c1-15-5-4-13-7-8-6-9(12)2-3-10(8)11(13)14/h2-3,6-7,14H,4-5H2,1H3. The van der Waals surface area contributed by atoms with Crippen LogP contribution in [0.2, 0.25) is 0 Å². The van der Waals surface area contributed by atoms with Gasteiger partial charge in [0.25, 0.3) is 0 Å². The number of ether oxygens (including phenoxy) is 1. The van der Waals surface area contributed by atoms with Crippen LogP contribution in [-0.2, 0) is 11.3 Å². The number of nitrogens with zero attached hydrogens (tertiary/aromatic N) is 1. The smallest absolute Gasteiger partial charge is 0.199 e. The molecule has 1 heterocycles. The van der Waals surface area contributed by atoms with Crippen molar-refractivity contribution in [1.29, 1.82) is 0 Å². The molecule has 0 saturated heterocycles. The van der Waals surface area contributed by atoms with Crippen molar-refractivity contribution < 1.29 is 9.84 Å². The maximum absolute atomic E-state index is 9.90. The molecular formula is C11H12BrNO2. The Kier molecular flexibility index (Phi) is 2.98. The molecule has 0 saturated carbocycles. The first-order valence-corrected chi connectivity index (χ1v) is 5.48. The molecule has 0 bridgehead atoms. The zero-order valence-electron chi connectivity index (χ0n) is 8.40. The molecule has 1 N–H and O–H groups in total. The van der Waals surface area contributed by atoms with Gasteiger partial charge >= 0.3 is 0 Å². The van der Waals surface area contributed by atoms with Crippen LogP contribution in [0.3, 0.4) is 0 Å². The Morgan fingerprint density at radius 2 is 2.27 bits per heavy atom. The summed E-state index contributed by atoms with van der Waals surface area (Å²) in [6.45, 7) is 1.25. The second kappa shape index (κ2) is 4.24. The van der Waals surface area contributed by atoms with Gasteiger partial charge in [-0.3, -0.25) is 0 Å². The average Bonchev–Trinajstić information content (AvgIpc) is 2.52. The molecule has 0 atom stereocenters. The summed E-state index contributed by atoms with van der Waals surface area (Å²) < 4.78 is 7.78. The van der Waals surface area contributed by atoms with Gasteiger partial charge < -0.3 is 14.4 Å². The van der Waals surface area contributed by atoms with Gasteiger partial charge in [-0.25, -0.2) is 0 Å². The van der Waals surface area contributed by atoms with Crippen molar-refractivity contribution in [3.63, 3.8) is 0 Å². The van der Waals surface area contributed by atoms with Gasteiger partial charge in [-0.2, -0.15) is 0 Å². The molecule has 15 heavy (non-hydrogen) atoms. The molecular weight excluding hydrogens is 258 g/mol. The van der Waals surface area contributed by atoms with Crippen molar-refractivity contribution in [3.8, 4) is 5.88 Å². The summed E-state index contributed by atoms with van der Waals surface area (Å²) in [6.07, 6.45) is 1.93. The second-order valence-corrected chi connectivity index (χ2v) is 4.29. The van der Waals surface area contributed by atoms with Crippen LogP contribution in [0.4, 0.5) is 0 Å². The zero-order valence-corrected chi connectivity index (χ0v) is 9.99. The Balaban J connectivity index is 2.44. The molecule has 0 aliphatic heterocycles. The Labute approximate surface area is 96.4 Å². The van der Waals surface area contributed by atoms with Crippen molar-refractivity contribution in [2.24, 2.45) is 0 Å². The second-order valence-electron chi connectivity index (χ2n) is 3.37. The number of hydrogen-bond donors (Lipinski definition) is 1. The normalized spacial score (nSPS) is 11.1. The Bertz CT molecular complexity index is 479. The van der Waals surface area contributed by atoms with E-state index >= 15 is 0 Å². The first-order chi connectivity index (χ1) is 7.22. The van der Waals surface area contributed by atoms with Crippen LogP contribution in [0.5, 0.6) is 5.88 Å². The molecule has 1 aromatic heterocycles. The minimum Gasteiger partial charge on any atom is -0.494 e. The molecule has 0 radical (unpaired) electrons. The van der Waals surface area contributed by atoms with E-state index in [1.807, 2.05) is 24.4 Å². The van der Waals surface area contributed by atoms with Crippen molar-refractivity contribution >= 4 is 26.7 Å². The van der Waals surface area contributed by atoms with Gasteiger partial charge in [-0.05, 0) is 18.2 Å². The maximum atomic E-state index is 9.90. The SMILES string of the molecule is COCCn1cc2cc(Br)ccc2c1O. The Morgan fingerprint density at radius 1 is 1.47 bits per heavy atom. The van der Waals surface area contributed by atoms with Gasteiger partial charge in [0.1, 0.15) is 0 Å². The molecule has 0 aliphatic rings. The summed E-state index contributed by atoms with van der Waals surface area (Å²) in [5.41, 5.74) is 0. The molecule has 0 unspecified atom stereocenters. The third-order valence-corrected chi connectivity index (χ3v) is 2.85. The van der Waals surface area contributed by atoms with E-state index < -0.39 is 0 Å². The molecule has 0 amide bonds. The van der Waals surface area contributed by atoms with Gasteiger partial charge in [-0.15, -0.1) is 0 Å². The van der Waals surface area contributed by atoms with Crippen LogP contribution in [0.15, 0.2) is 28.9 Å². The molecule has 1 aromatic carbocycles. The van der Waals surface area contributed by atoms with E-state index in [-0.39, 0.29) is 0 Å². The summed E-state index contributed by atoms with van der Waals surface area (Å²) in [5.74, 6) is 0.301. The highest BCUT2D eigenvalue weighted by Crippen LogP contribution is 2.29. The number of hydrogen-bond acceptors (Lipinski definition) is 2. The van der Waals surface area contributed by atoms with Crippen LogP contribution < -0.4 is 0 Å². The largest absolute Gasteiger partial charge is 0.494 e. The quantitative estimate of drug-likeness (QED) is 0.930. The molecule has 2 aromatic rings. The zero-order chi connectivity index (χ0) is 10.8. The first kappa shape index (κ1) is 10.5. The first-order valence-electron chi connectivity index (χ1n) is 4.68. The van der Waals surface area contributed by atoms with Crippen LogP contribution in [0.25, 0.3) is 10.8 Å². The highest BCUT2D eigenvalue weighted by molar-refractivity contribution is 9.10. The van der Waals surface area contributed by atoms with Gasteiger partial charge in [0.05, 0.1) is 6.61 Å². The molecule has 80 valence electrons. The summed E-state index contributed by atoms with van der Waals surface area (Å²) >= 11 is 3.40. The molecule has 3 nitrogen and oxygen atoms in total. The number of aromatic nitrogens is 1. The van der Waals surface area contributed by atoms with Gasteiger partial charge in [0.15, 0.2) is 5.88 Å². The van der Waals surface area contributed by atoms with E-state index in [0.29, 0.717) is 19.0 Å². The van der Waals surface area contributed by atoms with Crippen LogP contribution in [0, 0.1) is 0 Å². The maximum Gasteiger partial charge on any atom is 0.199 e. The Hall–Kier alpha value is -1.00. The lowest BCUT2D eigenvalue weighted by atomic mass is 10.2. The Morgan fingerprint density at radius 3 is 3.00 bits per heavy atom. The predicted octanol–water partition coefficient (Wildman–Crippen LogP) is 2.76. The van der Waals surface area contributed by atoms with Crippen molar-refractivity contribution in [1.82, 2.24) is 4.57 Å². The lowest BCUT2D eigenvalue weighted by Gasteiger charge is -2.02. The number of halogens is 1. The fraction of sp³-hybridized carbons (Fsp3) is 0.273.